The summed E-state index contributed by atoms with van der Waals surface area (Å²) in [4.78, 5) is 20.7. The Kier molecular flexibility index (Phi) is 4.54. The molecule has 0 aromatic carbocycles. The molecule has 0 aromatic rings. The molecule has 2 amide bonds. The molecule has 0 fully saturated rings. The smallest absolute Gasteiger partial charge is 0.241 e. The molecule has 78 valence electrons. The summed E-state index contributed by atoms with van der Waals surface area (Å²) < 4.78 is 0. The van der Waals surface area contributed by atoms with Gasteiger partial charge in [-0.15, -0.1) is 0 Å². The van der Waals surface area contributed by atoms with Crippen molar-refractivity contribution in [1.82, 2.24) is 0 Å². The van der Waals surface area contributed by atoms with Crippen LogP contribution in [-0.2, 0) is 9.59 Å². The van der Waals surface area contributed by atoms with Gasteiger partial charge < -0.3 is 21.7 Å². The first-order chi connectivity index (χ1) is 6.39. The predicted molar refractivity (Wildman–Crippen MR) is 48.7 cm³/mol. The van der Waals surface area contributed by atoms with Crippen LogP contribution in [0.15, 0.2) is 24.3 Å². The Morgan fingerprint density at radius 2 is 1.50 bits per heavy atom. The lowest BCUT2D eigenvalue weighted by Gasteiger charge is -2.16. The van der Waals surface area contributed by atoms with Crippen LogP contribution in [0.3, 0.4) is 0 Å². The Morgan fingerprint density at radius 1 is 1.14 bits per heavy atom. The van der Waals surface area contributed by atoms with E-state index in [1.54, 1.807) is 0 Å². The first-order valence-electron chi connectivity index (χ1n) is 3.70. The molecular weight excluding hydrogens is 188 g/mol. The van der Waals surface area contributed by atoms with Gasteiger partial charge in [0.15, 0.2) is 0 Å². The first kappa shape index (κ1) is 12.3. The number of aliphatic hydroxyl groups is 2. The number of amides is 2. The SMILES string of the molecule is NC(=O)C=CC(O)(C=CC(N)=O)CO. The molecule has 0 saturated carbocycles. The van der Waals surface area contributed by atoms with Gasteiger partial charge in [0.1, 0.15) is 5.60 Å². The maximum Gasteiger partial charge on any atom is 0.241 e. The van der Waals surface area contributed by atoms with Crippen molar-refractivity contribution in [3.05, 3.63) is 24.3 Å². The van der Waals surface area contributed by atoms with E-state index in [1.165, 1.54) is 0 Å². The van der Waals surface area contributed by atoms with E-state index in [9.17, 15) is 14.7 Å². The van der Waals surface area contributed by atoms with Gasteiger partial charge in [0.05, 0.1) is 6.61 Å². The summed E-state index contributed by atoms with van der Waals surface area (Å²) in [5.74, 6) is -1.55. The molecule has 6 nitrogen and oxygen atoms in total. The molecule has 0 spiro atoms. The van der Waals surface area contributed by atoms with Crippen molar-refractivity contribution >= 4 is 11.8 Å². The molecule has 0 radical (unpaired) electrons. The van der Waals surface area contributed by atoms with Gasteiger partial charge in [-0.3, -0.25) is 9.59 Å². The van der Waals surface area contributed by atoms with E-state index in [2.05, 4.69) is 0 Å². The second-order valence-corrected chi connectivity index (χ2v) is 2.62. The highest BCUT2D eigenvalue weighted by Crippen LogP contribution is 2.07. The number of nitrogens with two attached hydrogens (primary N) is 2. The third kappa shape index (κ3) is 5.07. The fourth-order valence-corrected chi connectivity index (χ4v) is 0.614. The summed E-state index contributed by atoms with van der Waals surface area (Å²) in [5.41, 5.74) is 7.75. The van der Waals surface area contributed by atoms with Gasteiger partial charge in [-0.25, -0.2) is 0 Å². The predicted octanol–water partition coefficient (Wildman–Crippen LogP) is -2.21. The fourth-order valence-electron chi connectivity index (χ4n) is 0.614. The van der Waals surface area contributed by atoms with Crippen LogP contribution in [0.4, 0.5) is 0 Å². The van der Waals surface area contributed by atoms with Crippen LogP contribution in [0.2, 0.25) is 0 Å². The van der Waals surface area contributed by atoms with Gasteiger partial charge >= 0.3 is 0 Å². The van der Waals surface area contributed by atoms with E-state index in [-0.39, 0.29) is 0 Å². The average Bonchev–Trinajstić information content (AvgIpc) is 2.11. The summed E-state index contributed by atoms with van der Waals surface area (Å²) in [7, 11) is 0. The van der Waals surface area contributed by atoms with Gasteiger partial charge in [0, 0.05) is 12.2 Å². The lowest BCUT2D eigenvalue weighted by atomic mass is 10.0. The maximum atomic E-state index is 10.3. The topological polar surface area (TPSA) is 127 Å². The largest absolute Gasteiger partial charge is 0.393 e. The van der Waals surface area contributed by atoms with Crippen LogP contribution in [0.25, 0.3) is 0 Å². The van der Waals surface area contributed by atoms with Crippen molar-refractivity contribution < 1.29 is 19.8 Å². The first-order valence-corrected chi connectivity index (χ1v) is 3.70. The number of hydrogen-bond acceptors (Lipinski definition) is 4. The van der Waals surface area contributed by atoms with Crippen molar-refractivity contribution in [2.24, 2.45) is 11.5 Å². The minimum Gasteiger partial charge on any atom is -0.393 e. The van der Waals surface area contributed by atoms with Gasteiger partial charge in [-0.2, -0.15) is 0 Å². The Hall–Kier alpha value is -1.66. The van der Waals surface area contributed by atoms with Crippen LogP contribution < -0.4 is 11.5 Å². The molecule has 6 N–H and O–H groups in total. The van der Waals surface area contributed by atoms with E-state index < -0.39 is 24.0 Å². The Bertz CT molecular complexity index is 259. The zero-order valence-corrected chi connectivity index (χ0v) is 7.38. The number of rotatable bonds is 5. The van der Waals surface area contributed by atoms with Gasteiger partial charge in [-0.05, 0) is 12.2 Å². The second kappa shape index (κ2) is 5.15. The quantitative estimate of drug-likeness (QED) is 0.375. The van der Waals surface area contributed by atoms with Crippen LogP contribution in [0.5, 0.6) is 0 Å². The van der Waals surface area contributed by atoms with Gasteiger partial charge in [0.25, 0.3) is 0 Å². The Labute approximate surface area is 80.5 Å². The minimum absolute atomic E-state index is 0.694. The molecule has 0 atom stereocenters. The molecule has 0 saturated heterocycles. The second-order valence-electron chi connectivity index (χ2n) is 2.62. The number of carbonyl (C=O) groups excluding carboxylic acids is 2. The zero-order valence-electron chi connectivity index (χ0n) is 7.38. The molecule has 0 aliphatic carbocycles. The molecule has 0 rings (SSSR count). The summed E-state index contributed by atoms with van der Waals surface area (Å²) in [5, 5.41) is 18.2. The number of carbonyl (C=O) groups is 2. The van der Waals surface area contributed by atoms with Crippen LogP contribution in [-0.4, -0.2) is 34.2 Å². The standard InChI is InChI=1S/C8H12N2O4/c9-6(12)1-3-8(14,5-11)4-2-7(10)13/h1-4,11,14H,5H2,(H2,9,12)(H2,10,13). The average molecular weight is 200 g/mol. The Balaban J connectivity index is 4.63. The van der Waals surface area contributed by atoms with E-state index in [0.29, 0.717) is 0 Å². The highest BCUT2D eigenvalue weighted by atomic mass is 16.3. The molecule has 14 heavy (non-hydrogen) atoms. The number of hydrogen-bond donors (Lipinski definition) is 4. The lowest BCUT2D eigenvalue weighted by Crippen LogP contribution is -2.29. The van der Waals surface area contributed by atoms with E-state index in [1.807, 2.05) is 0 Å². The molecule has 0 aliphatic heterocycles. The van der Waals surface area contributed by atoms with E-state index in [0.717, 1.165) is 24.3 Å². The van der Waals surface area contributed by atoms with Crippen molar-refractivity contribution in [1.29, 1.82) is 0 Å². The summed E-state index contributed by atoms with van der Waals surface area (Å²) in [6.07, 6.45) is 3.69. The van der Waals surface area contributed by atoms with Crippen molar-refractivity contribution in [3.8, 4) is 0 Å². The van der Waals surface area contributed by atoms with Crippen LogP contribution in [0, 0.1) is 0 Å². The highest BCUT2D eigenvalue weighted by Gasteiger charge is 2.18. The van der Waals surface area contributed by atoms with E-state index in [4.69, 9.17) is 16.6 Å². The molecule has 0 aliphatic rings. The molecule has 0 unspecified atom stereocenters. The minimum atomic E-state index is -1.80. The summed E-state index contributed by atoms with van der Waals surface area (Å²) >= 11 is 0. The Morgan fingerprint density at radius 3 is 1.71 bits per heavy atom. The van der Waals surface area contributed by atoms with Gasteiger partial charge in [0.2, 0.25) is 11.8 Å². The van der Waals surface area contributed by atoms with Crippen LogP contribution >= 0.6 is 0 Å². The molecule has 0 bridgehead atoms. The third-order valence-corrected chi connectivity index (χ3v) is 1.33. The monoisotopic (exact) mass is 200 g/mol. The van der Waals surface area contributed by atoms with Crippen molar-refractivity contribution in [2.45, 2.75) is 5.60 Å². The molecule has 0 heterocycles. The van der Waals surface area contributed by atoms with Crippen LogP contribution in [0.1, 0.15) is 0 Å². The number of aliphatic hydroxyl groups excluding tert-OH is 1. The summed E-state index contributed by atoms with van der Waals surface area (Å²) in [6.45, 7) is -0.694. The van der Waals surface area contributed by atoms with E-state index >= 15 is 0 Å². The van der Waals surface area contributed by atoms with Gasteiger partial charge in [-0.1, -0.05) is 0 Å². The van der Waals surface area contributed by atoms with Crippen molar-refractivity contribution in [2.75, 3.05) is 6.61 Å². The molecule has 6 heteroatoms. The highest BCUT2D eigenvalue weighted by molar-refractivity contribution is 5.87. The zero-order chi connectivity index (χ0) is 11.2. The maximum absolute atomic E-state index is 10.3. The summed E-state index contributed by atoms with van der Waals surface area (Å²) in [6, 6.07) is 0. The normalized spacial score (nSPS) is 15.9. The molecule has 0 aromatic heterocycles. The third-order valence-electron chi connectivity index (χ3n) is 1.33. The number of primary amides is 2. The fraction of sp³-hybridized carbons (Fsp3) is 0.250. The van der Waals surface area contributed by atoms with Crippen molar-refractivity contribution in [3.63, 3.8) is 0 Å². The lowest BCUT2D eigenvalue weighted by molar-refractivity contribution is -0.114. The molecular formula is C8H12N2O4.